The molecule has 40 heavy (non-hydrogen) atoms. The van der Waals surface area contributed by atoms with Crippen LogP contribution in [0.3, 0.4) is 0 Å². The average Bonchev–Trinajstić information content (AvgIpc) is 2.93. The molecule has 0 aliphatic carbocycles. The Morgan fingerprint density at radius 3 is 2.10 bits per heavy atom. The molecule has 3 aromatic rings. The zero-order chi connectivity index (χ0) is 29.4. The molecule has 0 radical (unpaired) electrons. The number of hydrogen-bond acceptors (Lipinski definition) is 5. The predicted molar refractivity (Wildman–Crippen MR) is 159 cm³/mol. The van der Waals surface area contributed by atoms with Gasteiger partial charge in [0.2, 0.25) is 11.8 Å². The zero-order valence-corrected chi connectivity index (χ0v) is 25.3. The van der Waals surface area contributed by atoms with E-state index in [1.54, 1.807) is 49.4 Å². The third-order valence-corrected chi connectivity index (χ3v) is 8.73. The van der Waals surface area contributed by atoms with Crippen molar-refractivity contribution < 1.29 is 22.7 Å². The van der Waals surface area contributed by atoms with Gasteiger partial charge in [0.25, 0.3) is 10.0 Å². The first kappa shape index (κ1) is 31.5. The van der Waals surface area contributed by atoms with E-state index < -0.39 is 34.4 Å². The Morgan fingerprint density at radius 1 is 0.925 bits per heavy atom. The molecule has 0 aliphatic heterocycles. The highest BCUT2D eigenvalue weighted by Crippen LogP contribution is 2.28. The molecule has 0 spiro atoms. The Hall–Kier alpha value is -2.98. The molecule has 0 saturated heterocycles. The number of nitrogens with one attached hydrogen (secondary N) is 1. The maximum Gasteiger partial charge on any atom is 0.264 e. The molecule has 0 saturated carbocycles. The van der Waals surface area contributed by atoms with Gasteiger partial charge in [0.05, 0.1) is 17.2 Å². The molecule has 8 nitrogen and oxygen atoms in total. The second kappa shape index (κ2) is 14.1. The molecule has 0 heterocycles. The largest absolute Gasteiger partial charge is 0.494 e. The van der Waals surface area contributed by atoms with Gasteiger partial charge in [-0.25, -0.2) is 8.42 Å². The SMILES string of the molecule is CCOc1ccc(N(CC(=O)N(Cc2ccc(Cl)cc2Cl)C(CC)C(=O)NC)S(=O)(=O)c2ccc(Cl)cc2)cc1. The zero-order valence-electron chi connectivity index (χ0n) is 22.2. The Kier molecular flexibility index (Phi) is 11.1. The fraction of sp³-hybridized carbons (Fsp3) is 0.286. The number of likely N-dealkylation sites (N-methyl/N-ethyl adjacent to an activating group) is 1. The molecule has 0 aromatic heterocycles. The Bertz CT molecular complexity index is 1430. The van der Waals surface area contributed by atoms with Gasteiger partial charge >= 0.3 is 0 Å². The molecule has 1 N–H and O–H groups in total. The fourth-order valence-corrected chi connectivity index (χ4v) is 6.07. The second-order valence-electron chi connectivity index (χ2n) is 8.69. The van der Waals surface area contributed by atoms with Gasteiger partial charge in [0.15, 0.2) is 0 Å². The molecular formula is C28H30Cl3N3O5S. The number of amides is 2. The molecule has 12 heteroatoms. The normalized spacial score (nSPS) is 11.9. The molecular weight excluding hydrogens is 597 g/mol. The van der Waals surface area contributed by atoms with E-state index in [0.717, 1.165) is 4.31 Å². The van der Waals surface area contributed by atoms with Gasteiger partial charge in [-0.05, 0) is 79.6 Å². The number of halogens is 3. The van der Waals surface area contributed by atoms with Crippen molar-refractivity contribution >= 4 is 62.3 Å². The number of nitrogens with zero attached hydrogens (tertiary/aromatic N) is 2. The molecule has 3 rings (SSSR count). The lowest BCUT2D eigenvalue weighted by Gasteiger charge is -2.33. The van der Waals surface area contributed by atoms with Crippen LogP contribution in [0.4, 0.5) is 5.69 Å². The Morgan fingerprint density at radius 2 is 1.55 bits per heavy atom. The number of carbonyl (C=O) groups excluding carboxylic acids is 2. The minimum atomic E-state index is -4.23. The van der Waals surface area contributed by atoms with Crippen molar-refractivity contribution in [3.8, 4) is 5.75 Å². The number of benzene rings is 3. The van der Waals surface area contributed by atoms with Crippen LogP contribution in [-0.2, 0) is 26.2 Å². The summed E-state index contributed by atoms with van der Waals surface area (Å²) in [5, 5.41) is 3.68. The Balaban J connectivity index is 2.07. The summed E-state index contributed by atoms with van der Waals surface area (Å²) in [6.07, 6.45) is 0.281. The van der Waals surface area contributed by atoms with E-state index >= 15 is 0 Å². The fourth-order valence-electron chi connectivity index (χ4n) is 4.06. The van der Waals surface area contributed by atoms with Crippen LogP contribution in [0.25, 0.3) is 0 Å². The number of carbonyl (C=O) groups is 2. The molecule has 3 aromatic carbocycles. The number of hydrogen-bond donors (Lipinski definition) is 1. The van der Waals surface area contributed by atoms with E-state index in [2.05, 4.69) is 5.32 Å². The lowest BCUT2D eigenvalue weighted by Crippen LogP contribution is -2.51. The van der Waals surface area contributed by atoms with Crippen molar-refractivity contribution in [3.05, 3.63) is 87.4 Å². The van der Waals surface area contributed by atoms with Crippen molar-refractivity contribution in [2.24, 2.45) is 0 Å². The minimum absolute atomic E-state index is 0.0428. The van der Waals surface area contributed by atoms with E-state index in [1.165, 1.54) is 36.2 Å². The second-order valence-corrected chi connectivity index (χ2v) is 11.8. The van der Waals surface area contributed by atoms with E-state index in [1.807, 2.05) is 6.92 Å². The van der Waals surface area contributed by atoms with E-state index in [9.17, 15) is 18.0 Å². The highest BCUT2D eigenvalue weighted by Gasteiger charge is 2.33. The molecule has 0 fully saturated rings. The summed E-state index contributed by atoms with van der Waals surface area (Å²) < 4.78 is 34.2. The quantitative estimate of drug-likeness (QED) is 0.274. The summed E-state index contributed by atoms with van der Waals surface area (Å²) in [4.78, 5) is 28.0. The summed E-state index contributed by atoms with van der Waals surface area (Å²) >= 11 is 18.4. The monoisotopic (exact) mass is 625 g/mol. The van der Waals surface area contributed by atoms with Gasteiger partial charge in [0.1, 0.15) is 18.3 Å². The summed E-state index contributed by atoms with van der Waals surface area (Å²) in [5.41, 5.74) is 0.791. The maximum atomic E-state index is 14.0. The summed E-state index contributed by atoms with van der Waals surface area (Å²) in [5.74, 6) is -0.451. The molecule has 0 aliphatic rings. The molecule has 1 unspecified atom stereocenters. The number of ether oxygens (including phenoxy) is 1. The van der Waals surface area contributed by atoms with Gasteiger partial charge in [-0.3, -0.25) is 13.9 Å². The highest BCUT2D eigenvalue weighted by molar-refractivity contribution is 7.92. The van der Waals surface area contributed by atoms with Crippen molar-refractivity contribution in [1.29, 1.82) is 0 Å². The first-order valence-electron chi connectivity index (χ1n) is 12.5. The summed E-state index contributed by atoms with van der Waals surface area (Å²) in [6.45, 7) is 3.40. The van der Waals surface area contributed by atoms with Crippen LogP contribution in [0.1, 0.15) is 25.8 Å². The Labute approximate surface area is 249 Å². The minimum Gasteiger partial charge on any atom is -0.494 e. The van der Waals surface area contributed by atoms with Crippen molar-refractivity contribution in [2.45, 2.75) is 37.8 Å². The van der Waals surface area contributed by atoms with Crippen LogP contribution in [0.2, 0.25) is 15.1 Å². The first-order valence-corrected chi connectivity index (χ1v) is 15.0. The van der Waals surface area contributed by atoms with E-state index in [0.29, 0.717) is 33.0 Å². The van der Waals surface area contributed by atoms with Crippen molar-refractivity contribution in [1.82, 2.24) is 10.2 Å². The third kappa shape index (κ3) is 7.60. The topological polar surface area (TPSA) is 96.0 Å². The van der Waals surface area contributed by atoms with E-state index in [4.69, 9.17) is 39.5 Å². The molecule has 2 amide bonds. The van der Waals surface area contributed by atoms with Crippen molar-refractivity contribution in [3.63, 3.8) is 0 Å². The van der Waals surface area contributed by atoms with Crippen LogP contribution < -0.4 is 14.4 Å². The van der Waals surface area contributed by atoms with Gasteiger partial charge in [-0.15, -0.1) is 0 Å². The van der Waals surface area contributed by atoms with Gasteiger partial charge in [0, 0.05) is 28.7 Å². The summed E-state index contributed by atoms with van der Waals surface area (Å²) in [7, 11) is -2.75. The summed E-state index contributed by atoms with van der Waals surface area (Å²) in [6, 6.07) is 16.0. The maximum absolute atomic E-state index is 14.0. The third-order valence-electron chi connectivity index (χ3n) is 6.10. The van der Waals surface area contributed by atoms with Gasteiger partial charge < -0.3 is 15.0 Å². The van der Waals surface area contributed by atoms with Gasteiger partial charge in [-0.1, -0.05) is 47.8 Å². The highest BCUT2D eigenvalue weighted by atomic mass is 35.5. The van der Waals surface area contributed by atoms with Crippen molar-refractivity contribution in [2.75, 3.05) is 24.5 Å². The standard InChI is InChI=1S/C28H30Cl3N3O5S/c1-4-26(28(36)32-3)33(17-19-6-7-21(30)16-25(19)31)27(35)18-34(22-10-12-23(13-11-22)39-5-2)40(37,38)24-14-8-20(29)9-15-24/h6-16,26H,4-5,17-18H2,1-3H3,(H,32,36). The lowest BCUT2D eigenvalue weighted by atomic mass is 10.1. The predicted octanol–water partition coefficient (Wildman–Crippen LogP) is 5.79. The number of rotatable bonds is 12. The van der Waals surface area contributed by atoms with Crippen LogP contribution in [-0.4, -0.2) is 51.4 Å². The van der Waals surface area contributed by atoms with Crippen LogP contribution in [0.5, 0.6) is 5.75 Å². The van der Waals surface area contributed by atoms with Crippen LogP contribution in [0, 0.1) is 0 Å². The van der Waals surface area contributed by atoms with Gasteiger partial charge in [-0.2, -0.15) is 0 Å². The lowest BCUT2D eigenvalue weighted by molar-refractivity contribution is -0.140. The van der Waals surface area contributed by atoms with E-state index in [-0.39, 0.29) is 23.5 Å². The average molecular weight is 627 g/mol. The molecule has 0 bridgehead atoms. The molecule has 214 valence electrons. The smallest absolute Gasteiger partial charge is 0.264 e. The molecule has 1 atom stereocenters. The number of sulfonamides is 1. The van der Waals surface area contributed by atoms with Crippen LogP contribution in [0.15, 0.2) is 71.6 Å². The number of anilines is 1. The van der Waals surface area contributed by atoms with Crippen LogP contribution >= 0.6 is 34.8 Å². The first-order chi connectivity index (χ1) is 19.0.